The van der Waals surface area contributed by atoms with Crippen molar-refractivity contribution in [1.29, 1.82) is 0 Å². The Morgan fingerprint density at radius 1 is 1.39 bits per heavy atom. The Morgan fingerprint density at radius 3 is 2.50 bits per heavy atom. The Kier molecular flexibility index (Phi) is 4.05. The molecule has 0 spiro atoms. The Labute approximate surface area is 115 Å². The van der Waals surface area contributed by atoms with Gasteiger partial charge in [-0.1, -0.05) is 5.21 Å². The molecule has 1 aromatic rings. The monoisotopic (exact) mass is 318 g/mol. The van der Waals surface area contributed by atoms with Crippen molar-refractivity contribution in [3.8, 4) is 0 Å². The van der Waals surface area contributed by atoms with Gasteiger partial charge < -0.3 is 9.84 Å². The number of aliphatic hydroxyl groups excluding tert-OH is 1. The lowest BCUT2D eigenvalue weighted by Gasteiger charge is -2.43. The van der Waals surface area contributed by atoms with Crippen molar-refractivity contribution in [2.75, 3.05) is 26.3 Å². The second kappa shape index (κ2) is 5.24. The van der Waals surface area contributed by atoms with Gasteiger partial charge >= 0.3 is 0 Å². The summed E-state index contributed by atoms with van der Waals surface area (Å²) in [6, 6.07) is 0. The van der Waals surface area contributed by atoms with Gasteiger partial charge in [-0.25, -0.2) is 4.68 Å². The molecular weight excluding hydrogens is 300 g/mol. The van der Waals surface area contributed by atoms with Crippen LogP contribution < -0.4 is 0 Å². The van der Waals surface area contributed by atoms with E-state index in [9.17, 15) is 5.11 Å². The molecule has 6 nitrogen and oxygen atoms in total. The Bertz CT molecular complexity index is 396. The van der Waals surface area contributed by atoms with Crippen LogP contribution in [0.25, 0.3) is 0 Å². The number of hydrogen-bond donors (Lipinski definition) is 1. The molecule has 2 heterocycles. The van der Waals surface area contributed by atoms with Gasteiger partial charge in [-0.05, 0) is 29.8 Å². The van der Waals surface area contributed by atoms with Crippen LogP contribution in [0, 0.1) is 0 Å². The van der Waals surface area contributed by atoms with Gasteiger partial charge in [0, 0.05) is 25.7 Å². The number of aryl methyl sites for hydroxylation is 1. The van der Waals surface area contributed by atoms with Crippen LogP contribution in [-0.2, 0) is 11.8 Å². The minimum absolute atomic E-state index is 0.387. The number of halogens is 1. The molecule has 1 N–H and O–H groups in total. The molecule has 2 rings (SSSR count). The molecule has 7 heteroatoms. The van der Waals surface area contributed by atoms with Gasteiger partial charge in [-0.15, -0.1) is 5.10 Å². The molecule has 0 amide bonds. The molecule has 0 bridgehead atoms. The maximum absolute atomic E-state index is 10.6. The molecule has 18 heavy (non-hydrogen) atoms. The van der Waals surface area contributed by atoms with Gasteiger partial charge in [-0.2, -0.15) is 0 Å². The standard InChI is InChI=1S/C11H19BrN4O2/c1-11(2,16-4-6-18-7-5-16)9(17)8-10(12)13-14-15(8)3/h9,17H,4-7H2,1-3H3. The fourth-order valence-electron chi connectivity index (χ4n) is 2.28. The summed E-state index contributed by atoms with van der Waals surface area (Å²) in [5, 5.41) is 18.5. The van der Waals surface area contributed by atoms with E-state index in [2.05, 4.69) is 31.1 Å². The van der Waals surface area contributed by atoms with Crippen molar-refractivity contribution in [2.24, 2.45) is 7.05 Å². The third-order valence-corrected chi connectivity index (χ3v) is 4.15. The Morgan fingerprint density at radius 2 is 2.00 bits per heavy atom. The maximum Gasteiger partial charge on any atom is 0.154 e. The van der Waals surface area contributed by atoms with Crippen molar-refractivity contribution >= 4 is 15.9 Å². The normalized spacial score (nSPS) is 20.1. The first-order chi connectivity index (χ1) is 8.44. The molecule has 102 valence electrons. The highest BCUT2D eigenvalue weighted by atomic mass is 79.9. The number of nitrogens with zero attached hydrogens (tertiary/aromatic N) is 4. The van der Waals surface area contributed by atoms with Crippen LogP contribution in [0.2, 0.25) is 0 Å². The quantitative estimate of drug-likeness (QED) is 0.889. The highest BCUT2D eigenvalue weighted by Gasteiger charge is 2.38. The number of morpholine rings is 1. The number of aliphatic hydroxyl groups is 1. The lowest BCUT2D eigenvalue weighted by atomic mass is 9.92. The van der Waals surface area contributed by atoms with E-state index in [4.69, 9.17) is 4.74 Å². The highest BCUT2D eigenvalue weighted by molar-refractivity contribution is 9.10. The van der Waals surface area contributed by atoms with Gasteiger partial charge in [0.25, 0.3) is 0 Å². The lowest BCUT2D eigenvalue weighted by Crippen LogP contribution is -2.53. The largest absolute Gasteiger partial charge is 0.385 e. The number of rotatable bonds is 3. The summed E-state index contributed by atoms with van der Waals surface area (Å²) in [5.74, 6) is 0. The molecule has 0 aromatic carbocycles. The van der Waals surface area contributed by atoms with Crippen molar-refractivity contribution < 1.29 is 9.84 Å². The number of ether oxygens (including phenoxy) is 1. The van der Waals surface area contributed by atoms with E-state index in [0.29, 0.717) is 23.5 Å². The summed E-state index contributed by atoms with van der Waals surface area (Å²) in [6.45, 7) is 7.13. The van der Waals surface area contributed by atoms with Crippen LogP contribution in [-0.4, -0.2) is 56.8 Å². The first kappa shape index (κ1) is 13.9. The van der Waals surface area contributed by atoms with Crippen LogP contribution in [0.5, 0.6) is 0 Å². The third-order valence-electron chi connectivity index (χ3n) is 3.58. The molecular formula is C11H19BrN4O2. The van der Waals surface area contributed by atoms with Crippen LogP contribution in [0.1, 0.15) is 25.6 Å². The first-order valence-electron chi connectivity index (χ1n) is 6.00. The molecule has 1 aromatic heterocycles. The van der Waals surface area contributed by atoms with E-state index in [1.165, 1.54) is 0 Å². The van der Waals surface area contributed by atoms with E-state index < -0.39 is 6.10 Å². The van der Waals surface area contributed by atoms with E-state index in [1.54, 1.807) is 11.7 Å². The summed E-state index contributed by atoms with van der Waals surface area (Å²) in [5.41, 5.74) is 0.313. The van der Waals surface area contributed by atoms with Crippen LogP contribution in [0.15, 0.2) is 4.60 Å². The lowest BCUT2D eigenvalue weighted by molar-refractivity contribution is -0.0654. The minimum atomic E-state index is -0.662. The van der Waals surface area contributed by atoms with E-state index in [-0.39, 0.29) is 5.54 Å². The first-order valence-corrected chi connectivity index (χ1v) is 6.80. The highest BCUT2D eigenvalue weighted by Crippen LogP contribution is 2.33. The number of aromatic nitrogens is 3. The van der Waals surface area contributed by atoms with Crippen molar-refractivity contribution in [2.45, 2.75) is 25.5 Å². The SMILES string of the molecule is Cn1nnc(Br)c1C(O)C(C)(C)N1CCOCC1. The van der Waals surface area contributed by atoms with E-state index >= 15 is 0 Å². The van der Waals surface area contributed by atoms with Gasteiger partial charge in [0.2, 0.25) is 0 Å². The molecule has 0 saturated carbocycles. The fraction of sp³-hybridized carbons (Fsp3) is 0.818. The van der Waals surface area contributed by atoms with E-state index in [1.807, 2.05) is 13.8 Å². The third kappa shape index (κ3) is 2.45. The molecule has 1 unspecified atom stereocenters. The molecule has 1 aliphatic rings. The van der Waals surface area contributed by atoms with Crippen molar-refractivity contribution in [1.82, 2.24) is 19.9 Å². The van der Waals surface area contributed by atoms with Gasteiger partial charge in [-0.3, -0.25) is 4.90 Å². The van der Waals surface area contributed by atoms with Gasteiger partial charge in [0.1, 0.15) is 11.8 Å². The Hall–Kier alpha value is -0.500. The summed E-state index contributed by atoms with van der Waals surface area (Å²) in [6.07, 6.45) is -0.662. The van der Waals surface area contributed by atoms with Crippen LogP contribution >= 0.6 is 15.9 Å². The molecule has 0 aliphatic carbocycles. The minimum Gasteiger partial charge on any atom is -0.385 e. The second-order valence-electron chi connectivity index (χ2n) is 5.04. The average Bonchev–Trinajstić information content (AvgIpc) is 2.69. The molecule has 1 saturated heterocycles. The van der Waals surface area contributed by atoms with Crippen LogP contribution in [0.3, 0.4) is 0 Å². The zero-order valence-electron chi connectivity index (χ0n) is 10.9. The summed E-state index contributed by atoms with van der Waals surface area (Å²) in [4.78, 5) is 2.24. The van der Waals surface area contributed by atoms with Crippen LogP contribution in [0.4, 0.5) is 0 Å². The van der Waals surface area contributed by atoms with E-state index in [0.717, 1.165) is 13.1 Å². The molecule has 0 radical (unpaired) electrons. The predicted molar refractivity (Wildman–Crippen MR) is 70.1 cm³/mol. The van der Waals surface area contributed by atoms with Gasteiger partial charge in [0.15, 0.2) is 4.60 Å². The zero-order chi connectivity index (χ0) is 13.3. The summed E-state index contributed by atoms with van der Waals surface area (Å²) < 4.78 is 7.55. The molecule has 1 atom stereocenters. The van der Waals surface area contributed by atoms with Crippen molar-refractivity contribution in [3.63, 3.8) is 0 Å². The predicted octanol–water partition coefficient (Wildman–Crippen LogP) is 0.722. The smallest absolute Gasteiger partial charge is 0.154 e. The topological polar surface area (TPSA) is 63.4 Å². The number of hydrogen-bond acceptors (Lipinski definition) is 5. The van der Waals surface area contributed by atoms with Crippen molar-refractivity contribution in [3.05, 3.63) is 10.3 Å². The fourth-order valence-corrected chi connectivity index (χ4v) is 2.82. The second-order valence-corrected chi connectivity index (χ2v) is 5.80. The molecule has 1 aliphatic heterocycles. The average molecular weight is 319 g/mol. The molecule has 1 fully saturated rings. The maximum atomic E-state index is 10.6. The summed E-state index contributed by atoms with van der Waals surface area (Å²) in [7, 11) is 1.78. The summed E-state index contributed by atoms with van der Waals surface area (Å²) >= 11 is 3.34. The Balaban J connectivity index is 2.23. The zero-order valence-corrected chi connectivity index (χ0v) is 12.5. The van der Waals surface area contributed by atoms with Gasteiger partial charge in [0.05, 0.1) is 13.2 Å².